The highest BCUT2D eigenvalue weighted by molar-refractivity contribution is 5.95. The van der Waals surface area contributed by atoms with E-state index in [-0.39, 0.29) is 11.8 Å². The van der Waals surface area contributed by atoms with E-state index in [1.165, 1.54) is 6.92 Å². The SMILES string of the molecule is CC(=O)c1ccc(NC(=O)N/C=C/c2ccccc2)cc1. The second-order valence-electron chi connectivity index (χ2n) is 4.48. The molecule has 0 saturated heterocycles. The van der Waals surface area contributed by atoms with Crippen LogP contribution in [0.15, 0.2) is 60.8 Å². The number of hydrogen-bond donors (Lipinski definition) is 2. The molecule has 2 aromatic carbocycles. The van der Waals surface area contributed by atoms with E-state index >= 15 is 0 Å². The molecule has 0 heterocycles. The molecule has 0 saturated carbocycles. The first-order valence-corrected chi connectivity index (χ1v) is 6.55. The second-order valence-corrected chi connectivity index (χ2v) is 4.48. The van der Waals surface area contributed by atoms with Crippen LogP contribution in [0.1, 0.15) is 22.8 Å². The van der Waals surface area contributed by atoms with E-state index in [1.807, 2.05) is 30.3 Å². The molecule has 2 rings (SSSR count). The van der Waals surface area contributed by atoms with Crippen molar-refractivity contribution in [2.24, 2.45) is 0 Å². The van der Waals surface area contributed by atoms with Crippen LogP contribution in [0, 0.1) is 0 Å². The lowest BCUT2D eigenvalue weighted by Gasteiger charge is -2.05. The Morgan fingerprint density at radius 3 is 2.24 bits per heavy atom. The van der Waals surface area contributed by atoms with Crippen LogP contribution in [0.25, 0.3) is 6.08 Å². The summed E-state index contributed by atoms with van der Waals surface area (Å²) in [6.45, 7) is 1.50. The van der Waals surface area contributed by atoms with Gasteiger partial charge >= 0.3 is 6.03 Å². The molecule has 0 fully saturated rings. The van der Waals surface area contributed by atoms with Gasteiger partial charge in [0.25, 0.3) is 0 Å². The van der Waals surface area contributed by atoms with Crippen molar-refractivity contribution in [3.8, 4) is 0 Å². The Bertz CT molecular complexity index is 646. The zero-order valence-electron chi connectivity index (χ0n) is 11.7. The molecule has 0 bridgehead atoms. The van der Waals surface area contributed by atoms with Crippen molar-refractivity contribution in [2.45, 2.75) is 6.92 Å². The summed E-state index contributed by atoms with van der Waals surface area (Å²) in [5.41, 5.74) is 2.25. The van der Waals surface area contributed by atoms with Gasteiger partial charge in [-0.25, -0.2) is 4.79 Å². The minimum Gasteiger partial charge on any atom is -0.314 e. The number of urea groups is 1. The molecular weight excluding hydrogens is 264 g/mol. The molecule has 4 heteroatoms. The van der Waals surface area contributed by atoms with E-state index in [4.69, 9.17) is 0 Å². The van der Waals surface area contributed by atoms with Gasteiger partial charge in [0.05, 0.1) is 0 Å². The van der Waals surface area contributed by atoms with E-state index < -0.39 is 0 Å². The average Bonchev–Trinajstić information content (AvgIpc) is 2.49. The molecule has 0 unspecified atom stereocenters. The third kappa shape index (κ3) is 4.62. The third-order valence-electron chi connectivity index (χ3n) is 2.84. The Balaban J connectivity index is 1.87. The van der Waals surface area contributed by atoms with Gasteiger partial charge in [-0.3, -0.25) is 4.79 Å². The number of rotatable bonds is 4. The fourth-order valence-corrected chi connectivity index (χ4v) is 1.73. The third-order valence-corrected chi connectivity index (χ3v) is 2.84. The number of carbonyl (C=O) groups excluding carboxylic acids is 2. The van der Waals surface area contributed by atoms with Crippen LogP contribution in [0.4, 0.5) is 10.5 Å². The van der Waals surface area contributed by atoms with Gasteiger partial charge in [0.1, 0.15) is 0 Å². The van der Waals surface area contributed by atoms with Gasteiger partial charge in [0.15, 0.2) is 5.78 Å². The normalized spacial score (nSPS) is 10.3. The number of Topliss-reactive ketones (excluding diaryl/α,β-unsaturated/α-hetero) is 1. The molecule has 0 spiro atoms. The van der Waals surface area contributed by atoms with Crippen LogP contribution in [-0.4, -0.2) is 11.8 Å². The van der Waals surface area contributed by atoms with E-state index in [0.717, 1.165) is 5.56 Å². The molecule has 2 amide bonds. The van der Waals surface area contributed by atoms with Crippen LogP contribution in [0.3, 0.4) is 0 Å². The van der Waals surface area contributed by atoms with E-state index in [9.17, 15) is 9.59 Å². The van der Waals surface area contributed by atoms with Crippen molar-refractivity contribution < 1.29 is 9.59 Å². The molecule has 2 N–H and O–H groups in total. The van der Waals surface area contributed by atoms with Crippen molar-refractivity contribution in [3.63, 3.8) is 0 Å². The van der Waals surface area contributed by atoms with Crippen molar-refractivity contribution in [2.75, 3.05) is 5.32 Å². The van der Waals surface area contributed by atoms with E-state index in [1.54, 1.807) is 36.5 Å². The fourth-order valence-electron chi connectivity index (χ4n) is 1.73. The standard InChI is InChI=1S/C17H16N2O2/c1-13(20)15-7-9-16(10-8-15)19-17(21)18-12-11-14-5-3-2-4-6-14/h2-12H,1H3,(H2,18,19,21)/b12-11+. The topological polar surface area (TPSA) is 58.2 Å². The van der Waals surface area contributed by atoms with Crippen LogP contribution in [0.5, 0.6) is 0 Å². The maximum Gasteiger partial charge on any atom is 0.323 e. The number of carbonyl (C=O) groups is 2. The summed E-state index contributed by atoms with van der Waals surface area (Å²) in [7, 11) is 0. The average molecular weight is 280 g/mol. The first-order chi connectivity index (χ1) is 10.1. The number of nitrogens with one attached hydrogen (secondary N) is 2. The lowest BCUT2D eigenvalue weighted by Crippen LogP contribution is -2.23. The molecule has 0 aliphatic rings. The van der Waals surface area contributed by atoms with Crippen molar-refractivity contribution in [3.05, 3.63) is 71.9 Å². The fraction of sp³-hybridized carbons (Fsp3) is 0.0588. The summed E-state index contributed by atoms with van der Waals surface area (Å²) in [4.78, 5) is 22.8. The van der Waals surface area contributed by atoms with Crippen LogP contribution in [-0.2, 0) is 0 Å². The number of benzene rings is 2. The zero-order valence-corrected chi connectivity index (χ0v) is 11.7. The van der Waals surface area contributed by atoms with Gasteiger partial charge in [0.2, 0.25) is 0 Å². The van der Waals surface area contributed by atoms with E-state index in [0.29, 0.717) is 11.3 Å². The van der Waals surface area contributed by atoms with Crippen molar-refractivity contribution in [1.29, 1.82) is 0 Å². The highest BCUT2D eigenvalue weighted by Gasteiger charge is 2.01. The van der Waals surface area contributed by atoms with Crippen molar-refractivity contribution >= 4 is 23.6 Å². The molecular formula is C17H16N2O2. The summed E-state index contributed by atoms with van der Waals surface area (Å²) < 4.78 is 0. The van der Waals surface area contributed by atoms with Gasteiger partial charge in [-0.1, -0.05) is 30.3 Å². The molecule has 4 nitrogen and oxygen atoms in total. The van der Waals surface area contributed by atoms with Crippen LogP contribution < -0.4 is 10.6 Å². The molecule has 2 aromatic rings. The summed E-state index contributed by atoms with van der Waals surface area (Å²) in [5.74, 6) is -0.00297. The lowest BCUT2D eigenvalue weighted by molar-refractivity contribution is 0.101. The molecule has 0 aliphatic heterocycles. The number of anilines is 1. The summed E-state index contributed by atoms with van der Waals surface area (Å²) in [6.07, 6.45) is 3.38. The van der Waals surface area contributed by atoms with E-state index in [2.05, 4.69) is 10.6 Å². The minimum absolute atomic E-state index is 0.00297. The Morgan fingerprint density at radius 2 is 1.62 bits per heavy atom. The monoisotopic (exact) mass is 280 g/mol. The van der Waals surface area contributed by atoms with Crippen LogP contribution in [0.2, 0.25) is 0 Å². The molecule has 0 radical (unpaired) electrons. The van der Waals surface area contributed by atoms with Gasteiger partial charge in [0, 0.05) is 17.5 Å². The van der Waals surface area contributed by atoms with Gasteiger partial charge in [-0.2, -0.15) is 0 Å². The van der Waals surface area contributed by atoms with Gasteiger partial charge in [-0.05, 0) is 42.8 Å². The minimum atomic E-state index is -0.335. The predicted molar refractivity (Wildman–Crippen MR) is 84.1 cm³/mol. The summed E-state index contributed by atoms with van der Waals surface area (Å²) >= 11 is 0. The lowest BCUT2D eigenvalue weighted by atomic mass is 10.1. The van der Waals surface area contributed by atoms with Crippen LogP contribution >= 0.6 is 0 Å². The highest BCUT2D eigenvalue weighted by Crippen LogP contribution is 2.09. The molecule has 106 valence electrons. The second kappa shape index (κ2) is 7.05. The Kier molecular flexibility index (Phi) is 4.88. The summed E-state index contributed by atoms with van der Waals surface area (Å²) in [5, 5.41) is 5.30. The Hall–Kier alpha value is -2.88. The Labute approximate surface area is 123 Å². The molecule has 21 heavy (non-hydrogen) atoms. The highest BCUT2D eigenvalue weighted by atomic mass is 16.2. The Morgan fingerprint density at radius 1 is 0.952 bits per heavy atom. The predicted octanol–water partition coefficient (Wildman–Crippen LogP) is 3.68. The first kappa shape index (κ1) is 14.5. The summed E-state index contributed by atoms with van der Waals surface area (Å²) in [6, 6.07) is 16.1. The zero-order chi connectivity index (χ0) is 15.1. The molecule has 0 atom stereocenters. The molecule has 0 aromatic heterocycles. The maximum absolute atomic E-state index is 11.7. The van der Waals surface area contributed by atoms with Crippen molar-refractivity contribution in [1.82, 2.24) is 5.32 Å². The first-order valence-electron chi connectivity index (χ1n) is 6.55. The largest absolute Gasteiger partial charge is 0.323 e. The van der Waals surface area contributed by atoms with Gasteiger partial charge < -0.3 is 10.6 Å². The molecule has 0 aliphatic carbocycles. The maximum atomic E-state index is 11.7. The number of ketones is 1. The number of hydrogen-bond acceptors (Lipinski definition) is 2. The number of amides is 2. The quantitative estimate of drug-likeness (QED) is 0.839. The smallest absolute Gasteiger partial charge is 0.314 e. The van der Waals surface area contributed by atoms with Gasteiger partial charge in [-0.15, -0.1) is 0 Å².